The fraction of sp³-hybridized carbons (Fsp3) is 0.385. The van der Waals surface area contributed by atoms with E-state index in [4.69, 9.17) is 31.2 Å². The molecule has 2 aromatic carbocycles. The number of pyridine rings is 2. The van der Waals surface area contributed by atoms with Gasteiger partial charge in [-0.25, -0.2) is 4.98 Å². The van der Waals surface area contributed by atoms with Crippen LogP contribution in [0.25, 0.3) is 22.4 Å². The molecule has 1 aliphatic carbocycles. The summed E-state index contributed by atoms with van der Waals surface area (Å²) in [6, 6.07) is 15.9. The van der Waals surface area contributed by atoms with E-state index in [0.717, 1.165) is 40.3 Å². The van der Waals surface area contributed by atoms with Gasteiger partial charge in [-0.2, -0.15) is 18.2 Å². The van der Waals surface area contributed by atoms with Gasteiger partial charge in [-0.05, 0) is 55.1 Å². The SMILES string of the molecule is COc1nc(-c2cccc(-c3cccc4c3CC[C@@H]4Nc3nc(OC)c(CN(C)CCC(=O)O)cc3C(F)(F)F)c2Cl)ccc1CNC[C@@H]1CCC(=O)N1. The van der Waals surface area contributed by atoms with E-state index in [1.807, 2.05) is 48.5 Å². The van der Waals surface area contributed by atoms with Crippen molar-refractivity contribution < 1.29 is 37.3 Å². The second kappa shape index (κ2) is 16.6. The molecule has 0 spiro atoms. The Balaban J connectivity index is 1.24. The molecule has 2 atom stereocenters. The summed E-state index contributed by atoms with van der Waals surface area (Å²) in [6.07, 6.45) is -2.42. The van der Waals surface area contributed by atoms with E-state index < -0.39 is 23.8 Å². The smallest absolute Gasteiger partial charge is 0.419 e. The van der Waals surface area contributed by atoms with Gasteiger partial charge in [-0.15, -0.1) is 0 Å². The average Bonchev–Trinajstić information content (AvgIpc) is 3.76. The molecule has 4 N–H and O–H groups in total. The molecule has 0 saturated carbocycles. The van der Waals surface area contributed by atoms with Crippen molar-refractivity contribution in [1.29, 1.82) is 0 Å². The van der Waals surface area contributed by atoms with E-state index in [2.05, 4.69) is 20.9 Å². The summed E-state index contributed by atoms with van der Waals surface area (Å²) in [5.74, 6) is -0.800. The van der Waals surface area contributed by atoms with Crippen molar-refractivity contribution in [1.82, 2.24) is 25.5 Å². The topological polar surface area (TPSA) is 138 Å². The van der Waals surface area contributed by atoms with Crippen LogP contribution in [0.3, 0.4) is 0 Å². The predicted molar refractivity (Wildman–Crippen MR) is 199 cm³/mol. The largest absolute Gasteiger partial charge is 0.481 e. The third-order valence-electron chi connectivity index (χ3n) is 9.78. The van der Waals surface area contributed by atoms with Crippen LogP contribution >= 0.6 is 11.6 Å². The Morgan fingerprint density at radius 2 is 1.72 bits per heavy atom. The highest BCUT2D eigenvalue weighted by Crippen LogP contribution is 2.45. The van der Waals surface area contributed by atoms with Crippen LogP contribution in [-0.2, 0) is 35.3 Å². The fourth-order valence-electron chi connectivity index (χ4n) is 7.11. The van der Waals surface area contributed by atoms with Crippen molar-refractivity contribution in [3.8, 4) is 34.1 Å². The Morgan fingerprint density at radius 3 is 2.43 bits per heavy atom. The molecule has 3 heterocycles. The van der Waals surface area contributed by atoms with Crippen molar-refractivity contribution in [3.05, 3.63) is 87.4 Å². The van der Waals surface area contributed by atoms with E-state index in [9.17, 15) is 22.8 Å². The van der Waals surface area contributed by atoms with Crippen molar-refractivity contribution in [2.75, 3.05) is 39.7 Å². The summed E-state index contributed by atoms with van der Waals surface area (Å²) < 4.78 is 54.5. The number of ether oxygens (including phenoxy) is 2. The molecule has 286 valence electrons. The predicted octanol–water partition coefficient (Wildman–Crippen LogP) is 6.87. The highest BCUT2D eigenvalue weighted by Gasteiger charge is 2.37. The number of nitrogens with zero attached hydrogens (tertiary/aromatic N) is 3. The maximum Gasteiger partial charge on any atom is 0.419 e. The molecule has 0 bridgehead atoms. The molecule has 1 saturated heterocycles. The number of benzene rings is 2. The molecule has 0 unspecified atom stereocenters. The summed E-state index contributed by atoms with van der Waals surface area (Å²) in [5.41, 5.74) is 4.89. The van der Waals surface area contributed by atoms with Gasteiger partial charge in [0.2, 0.25) is 17.7 Å². The van der Waals surface area contributed by atoms with E-state index in [1.54, 1.807) is 19.1 Å². The van der Waals surface area contributed by atoms with Gasteiger partial charge in [0.05, 0.1) is 43.0 Å². The van der Waals surface area contributed by atoms with Gasteiger partial charge in [0, 0.05) is 60.9 Å². The van der Waals surface area contributed by atoms with Gasteiger partial charge in [-0.3, -0.25) is 9.59 Å². The number of aliphatic carboxylic acids is 1. The van der Waals surface area contributed by atoms with Crippen molar-refractivity contribution >= 4 is 29.3 Å². The number of rotatable bonds is 15. The Morgan fingerprint density at radius 1 is 1.00 bits per heavy atom. The molecule has 2 aliphatic rings. The summed E-state index contributed by atoms with van der Waals surface area (Å²) in [6.45, 7) is 1.31. The number of halogens is 4. The number of hydrogen-bond acceptors (Lipinski definition) is 9. The van der Waals surface area contributed by atoms with Crippen LogP contribution in [0.5, 0.6) is 11.8 Å². The highest BCUT2D eigenvalue weighted by atomic mass is 35.5. The zero-order valence-corrected chi connectivity index (χ0v) is 30.9. The molecule has 54 heavy (non-hydrogen) atoms. The van der Waals surface area contributed by atoms with Crippen LogP contribution in [0, 0.1) is 0 Å². The van der Waals surface area contributed by atoms with Crippen LogP contribution in [-0.4, -0.2) is 72.2 Å². The highest BCUT2D eigenvalue weighted by molar-refractivity contribution is 6.36. The lowest BCUT2D eigenvalue weighted by atomic mass is 9.94. The first-order valence-electron chi connectivity index (χ1n) is 17.6. The lowest BCUT2D eigenvalue weighted by Crippen LogP contribution is -2.35. The lowest BCUT2D eigenvalue weighted by Gasteiger charge is -2.23. The second-order valence-corrected chi connectivity index (χ2v) is 13.9. The normalized spacial score (nSPS) is 16.7. The number of carboxylic acids is 1. The summed E-state index contributed by atoms with van der Waals surface area (Å²) in [4.78, 5) is 33.2. The number of carbonyl (C=O) groups is 2. The number of carboxylic acid groups (broad SMARTS) is 1. The summed E-state index contributed by atoms with van der Waals surface area (Å²) >= 11 is 7.11. The molecular formula is C39H42ClF3N6O5. The van der Waals surface area contributed by atoms with Gasteiger partial charge >= 0.3 is 12.1 Å². The second-order valence-electron chi connectivity index (χ2n) is 13.5. The molecular weight excluding hydrogens is 725 g/mol. The Hall–Kier alpha value is -4.92. The number of methoxy groups -OCH3 is 2. The van der Waals surface area contributed by atoms with E-state index in [-0.39, 0.29) is 48.7 Å². The van der Waals surface area contributed by atoms with Crippen LogP contribution in [0.4, 0.5) is 19.0 Å². The zero-order chi connectivity index (χ0) is 38.6. The Kier molecular flexibility index (Phi) is 11.9. The molecule has 1 fully saturated rings. The standard InChI is InChI=1S/C39H42ClF3N6O5/c1-49(17-16-34(51)52)21-23-18-30(39(41,42)43)36(48-38(23)54-3)46-31-14-12-26-25(6-4-7-27(26)31)28-8-5-9-29(35(28)40)32-13-10-22(37(47-32)53-2)19-44-20-24-11-15-33(50)45-24/h4-10,13,18,24,31,44H,11-12,14-17,19-21H2,1-3H3,(H,45,50)(H,46,48)(H,51,52)/t24-,31-/m0/s1. The number of fused-ring (bicyclic) bond motifs is 1. The number of nitrogens with one attached hydrogen (secondary N) is 3. The minimum Gasteiger partial charge on any atom is -0.481 e. The Bertz CT molecular complexity index is 2030. The number of alkyl halides is 3. The molecule has 1 aliphatic heterocycles. The van der Waals surface area contributed by atoms with Gasteiger partial charge < -0.3 is 35.4 Å². The van der Waals surface area contributed by atoms with Crippen LogP contribution in [0.2, 0.25) is 5.02 Å². The molecule has 1 amide bonds. The molecule has 2 aromatic heterocycles. The Labute approximate surface area is 316 Å². The number of amides is 1. The number of hydrogen-bond donors (Lipinski definition) is 4. The first-order chi connectivity index (χ1) is 25.9. The van der Waals surface area contributed by atoms with Gasteiger partial charge in [0.15, 0.2) is 0 Å². The quantitative estimate of drug-likeness (QED) is 0.101. The van der Waals surface area contributed by atoms with E-state index in [1.165, 1.54) is 7.11 Å². The molecule has 4 aromatic rings. The monoisotopic (exact) mass is 766 g/mol. The molecule has 6 rings (SSSR count). The third-order valence-corrected chi connectivity index (χ3v) is 10.2. The molecule has 0 radical (unpaired) electrons. The minimum absolute atomic E-state index is 0.0221. The van der Waals surface area contributed by atoms with Crippen LogP contribution in [0.15, 0.2) is 54.6 Å². The lowest BCUT2D eigenvalue weighted by molar-refractivity contribution is -0.138. The number of anilines is 1. The first kappa shape index (κ1) is 38.8. The maximum atomic E-state index is 14.5. The summed E-state index contributed by atoms with van der Waals surface area (Å²) in [7, 11) is 4.53. The minimum atomic E-state index is -4.72. The van der Waals surface area contributed by atoms with Gasteiger partial charge in [-0.1, -0.05) is 54.1 Å². The average molecular weight is 767 g/mol. The first-order valence-corrected chi connectivity index (χ1v) is 18.0. The number of aromatic nitrogens is 2. The maximum absolute atomic E-state index is 14.5. The van der Waals surface area contributed by atoms with Crippen molar-refractivity contribution in [2.24, 2.45) is 0 Å². The van der Waals surface area contributed by atoms with Gasteiger partial charge in [0.25, 0.3) is 0 Å². The van der Waals surface area contributed by atoms with Crippen LogP contribution < -0.4 is 25.4 Å². The molecule has 11 nitrogen and oxygen atoms in total. The molecule has 15 heteroatoms. The zero-order valence-electron chi connectivity index (χ0n) is 30.1. The van der Waals surface area contributed by atoms with Crippen LogP contribution in [0.1, 0.15) is 59.5 Å². The van der Waals surface area contributed by atoms with Crippen molar-refractivity contribution in [3.63, 3.8) is 0 Å². The van der Waals surface area contributed by atoms with E-state index >= 15 is 0 Å². The third kappa shape index (κ3) is 8.72. The summed E-state index contributed by atoms with van der Waals surface area (Å²) in [5, 5.41) is 18.9. The van der Waals surface area contributed by atoms with Gasteiger partial charge in [0.1, 0.15) is 5.82 Å². The van der Waals surface area contributed by atoms with E-state index in [0.29, 0.717) is 54.5 Å². The van der Waals surface area contributed by atoms with Crippen molar-refractivity contribution in [2.45, 2.75) is 63.5 Å². The number of carbonyl (C=O) groups excluding carboxylic acids is 1. The fourth-order valence-corrected chi connectivity index (χ4v) is 7.44.